The van der Waals surface area contributed by atoms with Crippen LogP contribution in [0.3, 0.4) is 0 Å². The number of aliphatic hydroxyl groups is 2. The fourth-order valence-electron chi connectivity index (χ4n) is 1.91. The molecule has 10 heavy (non-hydrogen) atoms. The van der Waals surface area contributed by atoms with E-state index in [1.165, 1.54) is 0 Å². The van der Waals surface area contributed by atoms with Crippen molar-refractivity contribution in [3.63, 3.8) is 0 Å². The van der Waals surface area contributed by atoms with Crippen molar-refractivity contribution < 1.29 is 10.2 Å². The van der Waals surface area contributed by atoms with Crippen LogP contribution in [0.25, 0.3) is 0 Å². The van der Waals surface area contributed by atoms with Crippen LogP contribution < -0.4 is 0 Å². The SMILES string of the molecule is CCC1C(O)CC1(O)CC. The van der Waals surface area contributed by atoms with E-state index in [0.29, 0.717) is 6.42 Å². The van der Waals surface area contributed by atoms with Crippen LogP contribution in [0.4, 0.5) is 0 Å². The molecule has 0 aromatic carbocycles. The van der Waals surface area contributed by atoms with E-state index in [9.17, 15) is 10.2 Å². The van der Waals surface area contributed by atoms with Gasteiger partial charge in [-0.15, -0.1) is 0 Å². The van der Waals surface area contributed by atoms with E-state index in [1.807, 2.05) is 13.8 Å². The smallest absolute Gasteiger partial charge is 0.0722 e. The molecule has 1 saturated carbocycles. The molecule has 0 amide bonds. The molecule has 60 valence electrons. The summed E-state index contributed by atoms with van der Waals surface area (Å²) in [4.78, 5) is 0. The molecule has 0 radical (unpaired) electrons. The zero-order valence-electron chi connectivity index (χ0n) is 6.67. The van der Waals surface area contributed by atoms with Gasteiger partial charge in [0.05, 0.1) is 11.7 Å². The lowest BCUT2D eigenvalue weighted by atomic mass is 9.64. The number of hydrogen-bond acceptors (Lipinski definition) is 2. The van der Waals surface area contributed by atoms with E-state index in [-0.39, 0.29) is 12.0 Å². The van der Waals surface area contributed by atoms with Gasteiger partial charge in [0.25, 0.3) is 0 Å². The molecule has 2 nitrogen and oxygen atoms in total. The third-order valence-electron chi connectivity index (χ3n) is 2.77. The maximum atomic E-state index is 9.69. The molecule has 0 bridgehead atoms. The highest BCUT2D eigenvalue weighted by molar-refractivity contribution is 5.00. The molecule has 3 unspecified atom stereocenters. The lowest BCUT2D eigenvalue weighted by molar-refractivity contribution is -0.176. The van der Waals surface area contributed by atoms with Gasteiger partial charge in [-0.2, -0.15) is 0 Å². The Morgan fingerprint density at radius 3 is 2.30 bits per heavy atom. The quantitative estimate of drug-likeness (QED) is 0.605. The molecule has 0 aromatic rings. The maximum absolute atomic E-state index is 9.69. The van der Waals surface area contributed by atoms with Crippen molar-refractivity contribution >= 4 is 0 Å². The summed E-state index contributed by atoms with van der Waals surface area (Å²) in [5.74, 6) is 0.123. The van der Waals surface area contributed by atoms with Crippen molar-refractivity contribution in [2.45, 2.75) is 44.8 Å². The minimum atomic E-state index is -0.547. The summed E-state index contributed by atoms with van der Waals surface area (Å²) in [6, 6.07) is 0. The Hall–Kier alpha value is -0.0800. The van der Waals surface area contributed by atoms with Crippen molar-refractivity contribution in [1.29, 1.82) is 0 Å². The summed E-state index contributed by atoms with van der Waals surface area (Å²) >= 11 is 0. The van der Waals surface area contributed by atoms with Crippen molar-refractivity contribution in [1.82, 2.24) is 0 Å². The van der Waals surface area contributed by atoms with E-state index in [4.69, 9.17) is 0 Å². The molecule has 1 rings (SSSR count). The maximum Gasteiger partial charge on any atom is 0.0722 e. The third kappa shape index (κ3) is 0.956. The molecule has 1 aliphatic carbocycles. The van der Waals surface area contributed by atoms with Gasteiger partial charge in [-0.1, -0.05) is 13.8 Å². The summed E-state index contributed by atoms with van der Waals surface area (Å²) in [6.45, 7) is 3.97. The zero-order valence-corrected chi connectivity index (χ0v) is 6.67. The second-order valence-electron chi connectivity index (χ2n) is 3.24. The average Bonchev–Trinajstić information content (AvgIpc) is 1.88. The van der Waals surface area contributed by atoms with E-state index in [1.54, 1.807) is 0 Å². The van der Waals surface area contributed by atoms with E-state index < -0.39 is 5.60 Å². The standard InChI is InChI=1S/C8H16O2/c1-3-6-7(9)5-8(6,10)4-2/h6-7,9-10H,3-5H2,1-2H3. The molecule has 2 heteroatoms. The molecule has 0 aliphatic heterocycles. The van der Waals surface area contributed by atoms with Crippen LogP contribution >= 0.6 is 0 Å². The Morgan fingerprint density at radius 2 is 2.10 bits per heavy atom. The predicted molar refractivity (Wildman–Crippen MR) is 39.6 cm³/mol. The number of hydrogen-bond donors (Lipinski definition) is 2. The fraction of sp³-hybridized carbons (Fsp3) is 1.00. The minimum Gasteiger partial charge on any atom is -0.393 e. The van der Waals surface area contributed by atoms with E-state index >= 15 is 0 Å². The second-order valence-corrected chi connectivity index (χ2v) is 3.24. The van der Waals surface area contributed by atoms with Gasteiger partial charge in [-0.25, -0.2) is 0 Å². The first-order valence-electron chi connectivity index (χ1n) is 4.04. The summed E-state index contributed by atoms with van der Waals surface area (Å²) in [5.41, 5.74) is -0.547. The molecule has 0 saturated heterocycles. The number of aliphatic hydroxyl groups excluding tert-OH is 1. The third-order valence-corrected chi connectivity index (χ3v) is 2.77. The Bertz CT molecular complexity index is 124. The lowest BCUT2D eigenvalue weighted by Crippen LogP contribution is -2.56. The molecule has 2 N–H and O–H groups in total. The van der Waals surface area contributed by atoms with Crippen LogP contribution in [-0.4, -0.2) is 21.9 Å². The monoisotopic (exact) mass is 144 g/mol. The summed E-state index contributed by atoms with van der Waals surface area (Å²) < 4.78 is 0. The number of rotatable bonds is 2. The van der Waals surface area contributed by atoms with Crippen LogP contribution in [0.5, 0.6) is 0 Å². The molecular weight excluding hydrogens is 128 g/mol. The van der Waals surface area contributed by atoms with Crippen LogP contribution in [0.2, 0.25) is 0 Å². The van der Waals surface area contributed by atoms with Crippen molar-refractivity contribution in [3.8, 4) is 0 Å². The first kappa shape index (κ1) is 8.02. The molecule has 0 heterocycles. The highest BCUT2D eigenvalue weighted by atomic mass is 16.3. The largest absolute Gasteiger partial charge is 0.393 e. The molecule has 1 aliphatic rings. The Morgan fingerprint density at radius 1 is 1.50 bits per heavy atom. The van der Waals surface area contributed by atoms with Gasteiger partial charge >= 0.3 is 0 Å². The summed E-state index contributed by atoms with van der Waals surface area (Å²) in [7, 11) is 0. The molecule has 0 spiro atoms. The minimum absolute atomic E-state index is 0.123. The normalized spacial score (nSPS) is 46.8. The van der Waals surface area contributed by atoms with Gasteiger partial charge in [-0.05, 0) is 12.8 Å². The highest BCUT2D eigenvalue weighted by Crippen LogP contribution is 2.42. The molecule has 0 aromatic heterocycles. The fourth-order valence-corrected chi connectivity index (χ4v) is 1.91. The topological polar surface area (TPSA) is 40.5 Å². The molecule has 1 fully saturated rings. The first-order chi connectivity index (χ1) is 4.64. The van der Waals surface area contributed by atoms with E-state index in [0.717, 1.165) is 12.8 Å². The van der Waals surface area contributed by atoms with Gasteiger partial charge < -0.3 is 10.2 Å². The Kier molecular flexibility index (Phi) is 2.02. The Labute approximate surface area is 61.9 Å². The molecule has 3 atom stereocenters. The zero-order chi connectivity index (χ0) is 7.78. The lowest BCUT2D eigenvalue weighted by Gasteiger charge is -2.48. The van der Waals surface area contributed by atoms with Crippen molar-refractivity contribution in [2.75, 3.05) is 0 Å². The van der Waals surface area contributed by atoms with Crippen molar-refractivity contribution in [3.05, 3.63) is 0 Å². The van der Waals surface area contributed by atoms with Gasteiger partial charge in [0.15, 0.2) is 0 Å². The van der Waals surface area contributed by atoms with Gasteiger partial charge in [-0.3, -0.25) is 0 Å². The summed E-state index contributed by atoms with van der Waals surface area (Å²) in [6.07, 6.45) is 1.96. The average molecular weight is 144 g/mol. The van der Waals surface area contributed by atoms with Gasteiger partial charge in [0.1, 0.15) is 0 Å². The first-order valence-corrected chi connectivity index (χ1v) is 4.04. The van der Waals surface area contributed by atoms with Gasteiger partial charge in [0, 0.05) is 12.3 Å². The Balaban J connectivity index is 2.51. The van der Waals surface area contributed by atoms with Crippen molar-refractivity contribution in [2.24, 2.45) is 5.92 Å². The summed E-state index contributed by atoms with van der Waals surface area (Å²) in [5, 5.41) is 18.9. The molecular formula is C8H16O2. The van der Waals surface area contributed by atoms with Crippen LogP contribution in [-0.2, 0) is 0 Å². The van der Waals surface area contributed by atoms with E-state index in [2.05, 4.69) is 0 Å². The second kappa shape index (κ2) is 2.51. The predicted octanol–water partition coefficient (Wildman–Crippen LogP) is 0.918. The van der Waals surface area contributed by atoms with Crippen LogP contribution in [0.15, 0.2) is 0 Å². The highest BCUT2D eigenvalue weighted by Gasteiger charge is 2.49. The van der Waals surface area contributed by atoms with Crippen LogP contribution in [0, 0.1) is 5.92 Å². The van der Waals surface area contributed by atoms with Gasteiger partial charge in [0.2, 0.25) is 0 Å². The van der Waals surface area contributed by atoms with Crippen LogP contribution in [0.1, 0.15) is 33.1 Å².